The van der Waals surface area contributed by atoms with Crippen LogP contribution in [0.1, 0.15) is 48.8 Å². The van der Waals surface area contributed by atoms with Gasteiger partial charge in [0.2, 0.25) is 0 Å². The van der Waals surface area contributed by atoms with Gasteiger partial charge in [-0.2, -0.15) is 0 Å². The van der Waals surface area contributed by atoms with Crippen molar-refractivity contribution in [1.29, 1.82) is 0 Å². The van der Waals surface area contributed by atoms with E-state index in [1.54, 1.807) is 0 Å². The van der Waals surface area contributed by atoms with Crippen LogP contribution in [-0.2, 0) is 4.74 Å². The molecule has 4 rings (SSSR count). The Hall–Kier alpha value is -1.84. The maximum absolute atomic E-state index is 6.62. The van der Waals surface area contributed by atoms with Crippen molar-refractivity contribution in [2.24, 2.45) is 0 Å². The molecule has 2 fully saturated rings. The molecule has 1 heterocycles. The van der Waals surface area contributed by atoms with E-state index in [0.29, 0.717) is 5.92 Å². The molecule has 3 heteroatoms. The number of hydrogen-bond donors (Lipinski definition) is 1. The highest BCUT2D eigenvalue weighted by atomic mass is 16.5. The number of para-hydroxylation sites is 1. The quantitative estimate of drug-likeness (QED) is 0.874. The van der Waals surface area contributed by atoms with Crippen LogP contribution < -0.4 is 10.1 Å². The van der Waals surface area contributed by atoms with Gasteiger partial charge in [-0.25, -0.2) is 0 Å². The molecule has 0 amide bonds. The number of nitrogens with one attached hydrogen (secondary N) is 1. The van der Waals surface area contributed by atoms with Gasteiger partial charge in [-0.1, -0.05) is 61.4 Å². The zero-order valence-corrected chi connectivity index (χ0v) is 14.7. The number of ether oxygens (including phenoxy) is 2. The zero-order chi connectivity index (χ0) is 16.9. The number of rotatable bonds is 5. The van der Waals surface area contributed by atoms with Crippen molar-refractivity contribution < 1.29 is 9.47 Å². The lowest BCUT2D eigenvalue weighted by Crippen LogP contribution is -2.43. The molecule has 0 spiro atoms. The third-order valence-electron chi connectivity index (χ3n) is 5.39. The molecule has 1 saturated heterocycles. The van der Waals surface area contributed by atoms with Gasteiger partial charge in [0.05, 0.1) is 6.61 Å². The standard InChI is InChI=1S/C22H27NO2/c1-2-10-18(11-3-1)22(21-16-23-14-15-24-21)25-20-13-7-6-12-19(20)17-8-4-5-9-17/h1-3,6-7,10-13,17,21-23H,4-5,8-9,14-16H2. The maximum atomic E-state index is 6.62. The zero-order valence-electron chi connectivity index (χ0n) is 14.7. The topological polar surface area (TPSA) is 30.5 Å². The molecule has 0 bridgehead atoms. The normalized spacial score (nSPS) is 22.6. The SMILES string of the molecule is c1ccc(C(Oc2ccccc2C2CCCC2)C2CNCCO2)cc1. The van der Waals surface area contributed by atoms with Crippen LogP contribution in [0.5, 0.6) is 5.75 Å². The molecule has 0 aromatic heterocycles. The van der Waals surface area contributed by atoms with Gasteiger partial charge in [-0.05, 0) is 36.0 Å². The van der Waals surface area contributed by atoms with E-state index in [1.165, 1.54) is 36.8 Å². The first kappa shape index (κ1) is 16.6. The van der Waals surface area contributed by atoms with Gasteiger partial charge in [-0.15, -0.1) is 0 Å². The average molecular weight is 337 g/mol. The molecule has 1 saturated carbocycles. The molecule has 3 nitrogen and oxygen atoms in total. The van der Waals surface area contributed by atoms with Gasteiger partial charge < -0.3 is 14.8 Å². The molecular formula is C22H27NO2. The molecule has 2 unspecified atom stereocenters. The van der Waals surface area contributed by atoms with Crippen LogP contribution in [-0.4, -0.2) is 25.8 Å². The summed E-state index contributed by atoms with van der Waals surface area (Å²) in [6.45, 7) is 2.48. The van der Waals surface area contributed by atoms with Crippen molar-refractivity contribution >= 4 is 0 Å². The molecule has 0 radical (unpaired) electrons. The fraction of sp³-hybridized carbons (Fsp3) is 0.455. The van der Waals surface area contributed by atoms with E-state index in [4.69, 9.17) is 9.47 Å². The van der Waals surface area contributed by atoms with E-state index in [1.807, 2.05) is 6.07 Å². The van der Waals surface area contributed by atoms with E-state index in [9.17, 15) is 0 Å². The minimum atomic E-state index is -0.0865. The first-order valence-electron chi connectivity index (χ1n) is 9.54. The fourth-order valence-electron chi connectivity index (χ4n) is 4.08. The molecule has 1 aliphatic heterocycles. The lowest BCUT2D eigenvalue weighted by molar-refractivity contribution is -0.0435. The Morgan fingerprint density at radius 1 is 0.960 bits per heavy atom. The summed E-state index contributed by atoms with van der Waals surface area (Å²) < 4.78 is 12.7. The number of morpholine rings is 1. The highest BCUT2D eigenvalue weighted by Gasteiger charge is 2.29. The van der Waals surface area contributed by atoms with Crippen molar-refractivity contribution in [3.8, 4) is 5.75 Å². The maximum Gasteiger partial charge on any atom is 0.151 e. The lowest BCUT2D eigenvalue weighted by atomic mass is 9.96. The van der Waals surface area contributed by atoms with Crippen molar-refractivity contribution in [1.82, 2.24) is 5.32 Å². The third-order valence-corrected chi connectivity index (χ3v) is 5.39. The summed E-state index contributed by atoms with van der Waals surface area (Å²) in [4.78, 5) is 0. The second kappa shape index (κ2) is 8.03. The minimum Gasteiger partial charge on any atom is -0.483 e. The van der Waals surface area contributed by atoms with Crippen LogP contribution in [0.15, 0.2) is 54.6 Å². The molecule has 1 aliphatic carbocycles. The Bertz CT molecular complexity index is 661. The van der Waals surface area contributed by atoms with E-state index < -0.39 is 0 Å². The molecule has 132 valence electrons. The Morgan fingerprint density at radius 3 is 2.48 bits per heavy atom. The second-order valence-electron chi connectivity index (χ2n) is 7.08. The van der Waals surface area contributed by atoms with Crippen LogP contribution in [0.25, 0.3) is 0 Å². The summed E-state index contributed by atoms with van der Waals surface area (Å²) in [7, 11) is 0. The Labute approximate surface area is 150 Å². The highest BCUT2D eigenvalue weighted by Crippen LogP contribution is 2.40. The lowest BCUT2D eigenvalue weighted by Gasteiger charge is -2.32. The summed E-state index contributed by atoms with van der Waals surface area (Å²) >= 11 is 0. The predicted molar refractivity (Wildman–Crippen MR) is 100 cm³/mol. The number of benzene rings is 2. The summed E-state index contributed by atoms with van der Waals surface area (Å²) in [6, 6.07) is 19.1. The summed E-state index contributed by atoms with van der Waals surface area (Å²) in [5, 5.41) is 3.44. The van der Waals surface area contributed by atoms with Gasteiger partial charge in [0.15, 0.2) is 6.10 Å². The third kappa shape index (κ3) is 3.88. The largest absolute Gasteiger partial charge is 0.483 e. The number of hydrogen-bond acceptors (Lipinski definition) is 3. The molecule has 2 atom stereocenters. The molecule has 2 aromatic rings. The Balaban J connectivity index is 1.62. The van der Waals surface area contributed by atoms with Crippen molar-refractivity contribution in [3.63, 3.8) is 0 Å². The van der Waals surface area contributed by atoms with Crippen molar-refractivity contribution in [2.75, 3.05) is 19.7 Å². The first-order chi connectivity index (χ1) is 12.4. The predicted octanol–water partition coefficient (Wildman–Crippen LogP) is 4.45. The molecule has 2 aromatic carbocycles. The van der Waals surface area contributed by atoms with E-state index >= 15 is 0 Å². The van der Waals surface area contributed by atoms with Gasteiger partial charge in [-0.3, -0.25) is 0 Å². The van der Waals surface area contributed by atoms with Crippen LogP contribution >= 0.6 is 0 Å². The van der Waals surface area contributed by atoms with Crippen LogP contribution in [0.4, 0.5) is 0 Å². The summed E-state index contributed by atoms with van der Waals surface area (Å²) in [6.07, 6.45) is 5.16. The van der Waals surface area contributed by atoms with Crippen molar-refractivity contribution in [2.45, 2.75) is 43.8 Å². The van der Waals surface area contributed by atoms with E-state index in [2.05, 4.69) is 53.8 Å². The molecule has 25 heavy (non-hydrogen) atoms. The molecule has 1 N–H and O–H groups in total. The Kier molecular flexibility index (Phi) is 5.34. The minimum absolute atomic E-state index is 0.0350. The van der Waals surface area contributed by atoms with Gasteiger partial charge in [0.25, 0.3) is 0 Å². The summed E-state index contributed by atoms with van der Waals surface area (Å²) in [5.74, 6) is 1.66. The Morgan fingerprint density at radius 2 is 1.72 bits per heavy atom. The summed E-state index contributed by atoms with van der Waals surface area (Å²) in [5.41, 5.74) is 2.54. The smallest absolute Gasteiger partial charge is 0.151 e. The van der Waals surface area contributed by atoms with E-state index in [-0.39, 0.29) is 12.2 Å². The van der Waals surface area contributed by atoms with Gasteiger partial charge >= 0.3 is 0 Å². The highest BCUT2D eigenvalue weighted by molar-refractivity contribution is 5.37. The van der Waals surface area contributed by atoms with Gasteiger partial charge in [0, 0.05) is 13.1 Å². The van der Waals surface area contributed by atoms with Crippen LogP contribution in [0.2, 0.25) is 0 Å². The van der Waals surface area contributed by atoms with E-state index in [0.717, 1.165) is 25.4 Å². The average Bonchev–Trinajstić information content (AvgIpc) is 3.22. The van der Waals surface area contributed by atoms with Crippen molar-refractivity contribution in [3.05, 3.63) is 65.7 Å². The molecule has 2 aliphatic rings. The fourth-order valence-corrected chi connectivity index (χ4v) is 4.08. The molecular weight excluding hydrogens is 310 g/mol. The second-order valence-corrected chi connectivity index (χ2v) is 7.08. The van der Waals surface area contributed by atoms with Crippen LogP contribution in [0, 0.1) is 0 Å². The first-order valence-corrected chi connectivity index (χ1v) is 9.54. The van der Waals surface area contributed by atoms with Gasteiger partial charge in [0.1, 0.15) is 11.9 Å². The monoisotopic (exact) mass is 337 g/mol. The van der Waals surface area contributed by atoms with Crippen LogP contribution in [0.3, 0.4) is 0 Å².